The standard InChI is InChI=1S/C20H23N5O/c1-14-4-6-17-18(11-14)24-20(23-17)15-3-2-10-25(13-15)19(26)7-5-16-12-21-8-9-22-16/h4,6,8-9,11-12,15H,2-3,5,7,10,13H2,1H3,(H,23,24)/t15-/m1/s1. The van der Waals surface area contributed by atoms with Crippen LogP contribution in [0.5, 0.6) is 0 Å². The van der Waals surface area contributed by atoms with Crippen molar-refractivity contribution in [2.45, 2.75) is 38.5 Å². The van der Waals surface area contributed by atoms with Crippen LogP contribution >= 0.6 is 0 Å². The second-order valence-corrected chi connectivity index (χ2v) is 7.02. The number of hydrogen-bond acceptors (Lipinski definition) is 4. The Hall–Kier alpha value is -2.76. The van der Waals surface area contributed by atoms with E-state index in [2.05, 4.69) is 40.1 Å². The third-order valence-electron chi connectivity index (χ3n) is 5.03. The first-order valence-corrected chi connectivity index (χ1v) is 9.18. The summed E-state index contributed by atoms with van der Waals surface area (Å²) in [5, 5.41) is 0. The van der Waals surface area contributed by atoms with Gasteiger partial charge in [-0.3, -0.25) is 14.8 Å². The topological polar surface area (TPSA) is 74.8 Å². The lowest BCUT2D eigenvalue weighted by Gasteiger charge is -2.32. The zero-order valence-electron chi connectivity index (χ0n) is 15.0. The third-order valence-corrected chi connectivity index (χ3v) is 5.03. The summed E-state index contributed by atoms with van der Waals surface area (Å²) >= 11 is 0. The van der Waals surface area contributed by atoms with E-state index in [9.17, 15) is 4.79 Å². The van der Waals surface area contributed by atoms with Gasteiger partial charge in [0, 0.05) is 44.0 Å². The normalized spacial score (nSPS) is 17.6. The van der Waals surface area contributed by atoms with Crippen LogP contribution in [-0.2, 0) is 11.2 Å². The van der Waals surface area contributed by atoms with E-state index in [0.29, 0.717) is 12.8 Å². The Morgan fingerprint density at radius 3 is 3.12 bits per heavy atom. The molecule has 0 saturated carbocycles. The minimum atomic E-state index is 0.187. The minimum Gasteiger partial charge on any atom is -0.342 e. The molecule has 1 fully saturated rings. The van der Waals surface area contributed by atoms with Crippen LogP contribution in [0.25, 0.3) is 11.0 Å². The maximum Gasteiger partial charge on any atom is 0.222 e. The number of benzene rings is 1. The number of nitrogens with one attached hydrogen (secondary N) is 1. The van der Waals surface area contributed by atoms with Crippen LogP contribution in [0.4, 0.5) is 0 Å². The number of amides is 1. The highest BCUT2D eigenvalue weighted by atomic mass is 16.2. The quantitative estimate of drug-likeness (QED) is 0.786. The second kappa shape index (κ2) is 7.23. The van der Waals surface area contributed by atoms with Gasteiger partial charge in [0.1, 0.15) is 5.82 Å². The smallest absolute Gasteiger partial charge is 0.222 e. The number of fused-ring (bicyclic) bond motifs is 1. The number of carbonyl (C=O) groups excluding carboxylic acids is 1. The summed E-state index contributed by atoms with van der Waals surface area (Å²) in [6.07, 6.45) is 8.23. The number of carbonyl (C=O) groups is 1. The molecular weight excluding hydrogens is 326 g/mol. The predicted molar refractivity (Wildman–Crippen MR) is 99.7 cm³/mol. The molecule has 3 aromatic rings. The van der Waals surface area contributed by atoms with Crippen LogP contribution in [0.3, 0.4) is 0 Å². The number of rotatable bonds is 4. The van der Waals surface area contributed by atoms with Crippen LogP contribution < -0.4 is 0 Å². The van der Waals surface area contributed by atoms with Gasteiger partial charge in [-0.25, -0.2) is 4.98 Å². The highest BCUT2D eigenvalue weighted by Crippen LogP contribution is 2.27. The van der Waals surface area contributed by atoms with E-state index in [0.717, 1.165) is 48.5 Å². The molecule has 0 unspecified atom stereocenters. The van der Waals surface area contributed by atoms with Gasteiger partial charge >= 0.3 is 0 Å². The van der Waals surface area contributed by atoms with Crippen molar-refractivity contribution in [2.24, 2.45) is 0 Å². The van der Waals surface area contributed by atoms with Crippen molar-refractivity contribution in [1.82, 2.24) is 24.8 Å². The van der Waals surface area contributed by atoms with Gasteiger partial charge in [-0.1, -0.05) is 6.07 Å². The molecule has 6 heteroatoms. The SMILES string of the molecule is Cc1ccc2nc([C@@H]3CCCN(C(=O)CCc4cnccn4)C3)[nH]c2c1. The third kappa shape index (κ3) is 3.59. The fraction of sp³-hybridized carbons (Fsp3) is 0.400. The molecule has 6 nitrogen and oxygen atoms in total. The van der Waals surface area contributed by atoms with Gasteiger partial charge in [-0.15, -0.1) is 0 Å². The van der Waals surface area contributed by atoms with Gasteiger partial charge < -0.3 is 9.88 Å². The number of aromatic nitrogens is 4. The number of piperidine rings is 1. The molecule has 134 valence electrons. The van der Waals surface area contributed by atoms with Gasteiger partial charge in [-0.2, -0.15) is 0 Å². The molecule has 0 aliphatic carbocycles. The summed E-state index contributed by atoms with van der Waals surface area (Å²) in [7, 11) is 0. The number of aromatic amines is 1. The average Bonchev–Trinajstić information content (AvgIpc) is 3.10. The maximum atomic E-state index is 12.6. The van der Waals surface area contributed by atoms with E-state index in [4.69, 9.17) is 4.98 Å². The Labute approximate surface area is 152 Å². The van der Waals surface area contributed by atoms with Crippen molar-refractivity contribution >= 4 is 16.9 Å². The Kier molecular flexibility index (Phi) is 4.65. The molecule has 26 heavy (non-hydrogen) atoms. The van der Waals surface area contributed by atoms with Gasteiger partial charge in [0.05, 0.1) is 16.7 Å². The Morgan fingerprint density at radius 2 is 2.27 bits per heavy atom. The first-order valence-electron chi connectivity index (χ1n) is 9.18. The molecule has 3 heterocycles. The van der Waals surface area contributed by atoms with E-state index in [-0.39, 0.29) is 11.8 Å². The second-order valence-electron chi connectivity index (χ2n) is 7.02. The van der Waals surface area contributed by atoms with E-state index < -0.39 is 0 Å². The minimum absolute atomic E-state index is 0.187. The molecule has 1 aromatic carbocycles. The predicted octanol–water partition coefficient (Wildman–Crippen LogP) is 3.00. The summed E-state index contributed by atoms with van der Waals surface area (Å²) < 4.78 is 0. The van der Waals surface area contributed by atoms with Crippen LogP contribution in [0, 0.1) is 6.92 Å². The Bertz CT molecular complexity index is 905. The number of H-pyrrole nitrogens is 1. The lowest BCUT2D eigenvalue weighted by Crippen LogP contribution is -2.39. The number of likely N-dealkylation sites (tertiary alicyclic amines) is 1. The van der Waals surface area contributed by atoms with E-state index >= 15 is 0 Å². The van der Waals surface area contributed by atoms with Gasteiger partial charge in [0.2, 0.25) is 5.91 Å². The van der Waals surface area contributed by atoms with Crippen LogP contribution in [0.2, 0.25) is 0 Å². The molecule has 1 aliphatic rings. The molecule has 4 rings (SSSR count). The maximum absolute atomic E-state index is 12.6. The number of nitrogens with zero attached hydrogens (tertiary/aromatic N) is 4. The summed E-state index contributed by atoms with van der Waals surface area (Å²) in [5.41, 5.74) is 4.15. The van der Waals surface area contributed by atoms with Crippen LogP contribution in [0.1, 0.15) is 42.3 Å². The summed E-state index contributed by atoms with van der Waals surface area (Å²) in [6, 6.07) is 6.26. The number of imidazole rings is 1. The molecule has 1 amide bonds. The fourth-order valence-electron chi connectivity index (χ4n) is 3.62. The first-order chi connectivity index (χ1) is 12.7. The van der Waals surface area contributed by atoms with Crippen molar-refractivity contribution < 1.29 is 4.79 Å². The largest absolute Gasteiger partial charge is 0.342 e. The summed E-state index contributed by atoms with van der Waals surface area (Å²) in [4.78, 5) is 31.1. The molecule has 1 aliphatic heterocycles. The zero-order valence-corrected chi connectivity index (χ0v) is 15.0. The van der Waals surface area contributed by atoms with Crippen molar-refractivity contribution in [1.29, 1.82) is 0 Å². The van der Waals surface area contributed by atoms with Crippen molar-refractivity contribution in [3.05, 3.63) is 53.9 Å². The Balaban J connectivity index is 1.42. The van der Waals surface area contributed by atoms with Crippen molar-refractivity contribution in [2.75, 3.05) is 13.1 Å². The molecule has 0 bridgehead atoms. The van der Waals surface area contributed by atoms with Gasteiger partial charge in [0.15, 0.2) is 0 Å². The molecule has 1 atom stereocenters. The Morgan fingerprint density at radius 1 is 1.35 bits per heavy atom. The molecule has 0 spiro atoms. The first kappa shape index (κ1) is 16.7. The summed E-state index contributed by atoms with van der Waals surface area (Å²) in [5.74, 6) is 1.46. The molecule has 1 N–H and O–H groups in total. The van der Waals surface area contributed by atoms with Crippen LogP contribution in [-0.4, -0.2) is 43.8 Å². The van der Waals surface area contributed by atoms with E-state index in [1.807, 2.05) is 4.90 Å². The van der Waals surface area contributed by atoms with Gasteiger partial charge in [-0.05, 0) is 43.9 Å². The summed E-state index contributed by atoms with van der Waals surface area (Å²) in [6.45, 7) is 3.64. The molecule has 0 radical (unpaired) electrons. The zero-order chi connectivity index (χ0) is 17.9. The molecule has 2 aromatic heterocycles. The highest BCUT2D eigenvalue weighted by Gasteiger charge is 2.26. The van der Waals surface area contributed by atoms with Crippen molar-refractivity contribution in [3.8, 4) is 0 Å². The van der Waals surface area contributed by atoms with E-state index in [1.54, 1.807) is 18.6 Å². The highest BCUT2D eigenvalue weighted by molar-refractivity contribution is 5.77. The lowest BCUT2D eigenvalue weighted by atomic mass is 9.97. The van der Waals surface area contributed by atoms with Crippen LogP contribution in [0.15, 0.2) is 36.8 Å². The number of hydrogen-bond donors (Lipinski definition) is 1. The van der Waals surface area contributed by atoms with Crippen molar-refractivity contribution in [3.63, 3.8) is 0 Å². The van der Waals surface area contributed by atoms with E-state index in [1.165, 1.54) is 5.56 Å². The number of aryl methyl sites for hydroxylation is 2. The fourth-order valence-corrected chi connectivity index (χ4v) is 3.62. The van der Waals surface area contributed by atoms with Gasteiger partial charge in [0.25, 0.3) is 0 Å². The molecule has 1 saturated heterocycles. The monoisotopic (exact) mass is 349 g/mol. The average molecular weight is 349 g/mol. The molecular formula is C20H23N5O. The lowest BCUT2D eigenvalue weighted by molar-refractivity contribution is -0.132.